The van der Waals surface area contributed by atoms with Crippen LogP contribution in [-0.2, 0) is 12.8 Å². The highest BCUT2D eigenvalue weighted by atomic mass is 16.5. The molecule has 0 atom stereocenters. The summed E-state index contributed by atoms with van der Waals surface area (Å²) >= 11 is 0. The molecule has 0 bridgehead atoms. The first-order valence-electron chi connectivity index (χ1n) is 7.50. The first-order chi connectivity index (χ1) is 10.8. The summed E-state index contributed by atoms with van der Waals surface area (Å²) in [5, 5.41) is 0. The van der Waals surface area contributed by atoms with Gasteiger partial charge in [-0.25, -0.2) is 4.98 Å². The molecule has 0 radical (unpaired) electrons. The molecule has 5 heteroatoms. The van der Waals surface area contributed by atoms with Crippen molar-refractivity contribution < 1.29 is 9.53 Å². The monoisotopic (exact) mass is 297 g/mol. The zero-order valence-electron chi connectivity index (χ0n) is 12.7. The molecular weight excluding hydrogens is 278 g/mol. The lowest BCUT2D eigenvalue weighted by molar-refractivity contribution is 0.0745. The largest absolute Gasteiger partial charge is 0.480 e. The second-order valence-corrected chi connectivity index (χ2v) is 5.36. The van der Waals surface area contributed by atoms with Crippen LogP contribution in [-0.4, -0.2) is 41.0 Å². The molecule has 5 nitrogen and oxygen atoms in total. The number of rotatable bonds is 2. The van der Waals surface area contributed by atoms with Gasteiger partial charge in [-0.05, 0) is 30.4 Å². The molecule has 2 aromatic rings. The summed E-state index contributed by atoms with van der Waals surface area (Å²) in [5.41, 5.74) is 3.07. The second-order valence-electron chi connectivity index (χ2n) is 5.36. The maximum atomic E-state index is 12.6. The van der Waals surface area contributed by atoms with Crippen molar-refractivity contribution >= 4 is 5.91 Å². The van der Waals surface area contributed by atoms with Crippen LogP contribution in [0, 0.1) is 0 Å². The summed E-state index contributed by atoms with van der Waals surface area (Å²) in [4.78, 5) is 22.7. The summed E-state index contributed by atoms with van der Waals surface area (Å²) in [6, 6.07) is 8.46. The van der Waals surface area contributed by atoms with Crippen molar-refractivity contribution in [3.05, 3.63) is 53.5 Å². The van der Waals surface area contributed by atoms with Gasteiger partial charge < -0.3 is 9.64 Å². The van der Waals surface area contributed by atoms with E-state index in [-0.39, 0.29) is 5.91 Å². The molecule has 1 aromatic heterocycles. The van der Waals surface area contributed by atoms with Gasteiger partial charge in [0.05, 0.1) is 19.5 Å². The van der Waals surface area contributed by atoms with E-state index in [0.717, 1.165) is 25.8 Å². The predicted molar refractivity (Wildman–Crippen MR) is 83.0 cm³/mol. The van der Waals surface area contributed by atoms with Crippen molar-refractivity contribution in [2.45, 2.75) is 19.3 Å². The van der Waals surface area contributed by atoms with E-state index in [1.807, 2.05) is 4.90 Å². The zero-order chi connectivity index (χ0) is 15.4. The average Bonchev–Trinajstić information content (AvgIpc) is 2.55. The Morgan fingerprint density at radius 1 is 1.14 bits per heavy atom. The Bertz CT molecular complexity index is 672. The van der Waals surface area contributed by atoms with E-state index in [9.17, 15) is 4.79 Å². The van der Waals surface area contributed by atoms with Crippen molar-refractivity contribution in [3.8, 4) is 5.88 Å². The summed E-state index contributed by atoms with van der Waals surface area (Å²) in [6.45, 7) is 1.45. The summed E-state index contributed by atoms with van der Waals surface area (Å²) in [5.74, 6) is 0.286. The van der Waals surface area contributed by atoms with Crippen molar-refractivity contribution in [3.63, 3.8) is 0 Å². The third-order valence-electron chi connectivity index (χ3n) is 3.97. The lowest BCUT2D eigenvalue weighted by Crippen LogP contribution is -2.35. The Hall–Kier alpha value is -2.43. The summed E-state index contributed by atoms with van der Waals surface area (Å²) in [6.07, 6.45) is 5.83. The molecule has 0 aliphatic carbocycles. The summed E-state index contributed by atoms with van der Waals surface area (Å²) < 4.78 is 5.04. The van der Waals surface area contributed by atoms with Crippen molar-refractivity contribution in [2.75, 3.05) is 20.2 Å². The number of ether oxygens (including phenoxy) is 1. The van der Waals surface area contributed by atoms with Crippen LogP contribution < -0.4 is 4.74 Å². The number of methoxy groups -OCH3 is 1. The molecule has 1 aromatic carbocycles. The molecular formula is C17H19N3O2. The lowest BCUT2D eigenvalue weighted by atomic mass is 9.98. The van der Waals surface area contributed by atoms with Gasteiger partial charge >= 0.3 is 0 Å². The van der Waals surface area contributed by atoms with Gasteiger partial charge in [-0.3, -0.25) is 9.78 Å². The molecule has 22 heavy (non-hydrogen) atoms. The molecule has 1 aliphatic heterocycles. The number of nitrogens with zero attached hydrogens (tertiary/aromatic N) is 3. The fourth-order valence-electron chi connectivity index (χ4n) is 2.79. The Morgan fingerprint density at radius 3 is 2.68 bits per heavy atom. The first kappa shape index (κ1) is 14.5. The molecule has 0 saturated heterocycles. The van der Waals surface area contributed by atoms with E-state index < -0.39 is 0 Å². The van der Waals surface area contributed by atoms with E-state index in [0.29, 0.717) is 18.1 Å². The van der Waals surface area contributed by atoms with Gasteiger partial charge in [-0.1, -0.05) is 24.3 Å². The quantitative estimate of drug-likeness (QED) is 0.852. The summed E-state index contributed by atoms with van der Waals surface area (Å²) in [7, 11) is 1.52. The highest BCUT2D eigenvalue weighted by molar-refractivity contribution is 5.92. The third kappa shape index (κ3) is 3.08. The van der Waals surface area contributed by atoms with Gasteiger partial charge in [0.1, 0.15) is 0 Å². The van der Waals surface area contributed by atoms with Gasteiger partial charge in [0.2, 0.25) is 5.88 Å². The van der Waals surface area contributed by atoms with Gasteiger partial charge in [0.25, 0.3) is 5.91 Å². The maximum absolute atomic E-state index is 12.6. The molecule has 1 amide bonds. The number of carbonyl (C=O) groups is 1. The van der Waals surface area contributed by atoms with Crippen LogP contribution in [0.2, 0.25) is 0 Å². The third-order valence-corrected chi connectivity index (χ3v) is 3.97. The molecule has 1 aliphatic rings. The van der Waals surface area contributed by atoms with Crippen LogP contribution in [0.3, 0.4) is 0 Å². The van der Waals surface area contributed by atoms with E-state index in [1.165, 1.54) is 30.6 Å². The number of hydrogen-bond acceptors (Lipinski definition) is 4. The van der Waals surface area contributed by atoms with E-state index in [4.69, 9.17) is 4.74 Å². The van der Waals surface area contributed by atoms with Crippen LogP contribution >= 0.6 is 0 Å². The number of benzene rings is 1. The van der Waals surface area contributed by atoms with Gasteiger partial charge in [0.15, 0.2) is 5.69 Å². The maximum Gasteiger partial charge on any atom is 0.274 e. The van der Waals surface area contributed by atoms with Crippen LogP contribution in [0.1, 0.15) is 28.0 Å². The Kier molecular flexibility index (Phi) is 4.32. The van der Waals surface area contributed by atoms with Crippen molar-refractivity contribution in [1.29, 1.82) is 0 Å². The zero-order valence-corrected chi connectivity index (χ0v) is 12.7. The molecule has 0 N–H and O–H groups in total. The number of aromatic nitrogens is 2. The van der Waals surface area contributed by atoms with Crippen LogP contribution in [0.25, 0.3) is 0 Å². The van der Waals surface area contributed by atoms with Crippen LogP contribution in [0.5, 0.6) is 5.88 Å². The molecule has 3 rings (SSSR count). The highest BCUT2D eigenvalue weighted by Gasteiger charge is 2.20. The molecule has 0 unspecified atom stereocenters. The molecule has 0 saturated carbocycles. The molecule has 114 valence electrons. The Morgan fingerprint density at radius 2 is 1.91 bits per heavy atom. The minimum atomic E-state index is -0.0780. The van der Waals surface area contributed by atoms with E-state index >= 15 is 0 Å². The van der Waals surface area contributed by atoms with E-state index in [1.54, 1.807) is 0 Å². The number of fused-ring (bicyclic) bond motifs is 1. The average molecular weight is 297 g/mol. The molecule has 0 fully saturated rings. The first-order valence-corrected chi connectivity index (χ1v) is 7.50. The predicted octanol–water partition coefficient (Wildman–Crippen LogP) is 2.12. The van der Waals surface area contributed by atoms with Crippen LogP contribution in [0.4, 0.5) is 0 Å². The minimum absolute atomic E-state index is 0.0780. The normalized spacial score (nSPS) is 14.7. The standard InChI is InChI=1S/C17H19N3O2/c1-22-16-12-18-11-15(19-16)17(21)20-9-4-7-13-5-2-3-6-14(13)8-10-20/h2-3,5-6,11-12H,4,7-10H2,1H3. The van der Waals surface area contributed by atoms with Gasteiger partial charge in [-0.15, -0.1) is 0 Å². The minimum Gasteiger partial charge on any atom is -0.480 e. The number of aryl methyl sites for hydroxylation is 1. The number of amides is 1. The van der Waals surface area contributed by atoms with Gasteiger partial charge in [-0.2, -0.15) is 0 Å². The Balaban J connectivity index is 1.76. The smallest absolute Gasteiger partial charge is 0.274 e. The fourth-order valence-corrected chi connectivity index (χ4v) is 2.79. The Labute approximate surface area is 130 Å². The molecule has 0 spiro atoms. The van der Waals surface area contributed by atoms with E-state index in [2.05, 4.69) is 34.2 Å². The SMILES string of the molecule is COc1cncc(C(=O)N2CCCc3ccccc3CC2)n1. The van der Waals surface area contributed by atoms with Crippen LogP contribution in [0.15, 0.2) is 36.7 Å². The molecule has 2 heterocycles. The van der Waals surface area contributed by atoms with Crippen molar-refractivity contribution in [1.82, 2.24) is 14.9 Å². The topological polar surface area (TPSA) is 55.3 Å². The number of hydrogen-bond donors (Lipinski definition) is 0. The highest BCUT2D eigenvalue weighted by Crippen LogP contribution is 2.17. The van der Waals surface area contributed by atoms with Gasteiger partial charge in [0, 0.05) is 13.1 Å². The van der Waals surface area contributed by atoms with Crippen molar-refractivity contribution in [2.24, 2.45) is 0 Å². The number of carbonyl (C=O) groups excluding carboxylic acids is 1. The lowest BCUT2D eigenvalue weighted by Gasteiger charge is -2.25. The fraction of sp³-hybridized carbons (Fsp3) is 0.353. The second kappa shape index (κ2) is 6.56.